The maximum Gasteiger partial charge on any atom is 0.154 e. The highest BCUT2D eigenvalue weighted by Crippen LogP contribution is 2.08. The van der Waals surface area contributed by atoms with Gasteiger partial charge in [0.1, 0.15) is 6.10 Å². The lowest BCUT2D eigenvalue weighted by atomic mass is 10.1. The van der Waals surface area contributed by atoms with Crippen molar-refractivity contribution in [2.45, 2.75) is 12.5 Å². The van der Waals surface area contributed by atoms with E-state index in [1.807, 2.05) is 0 Å². The second kappa shape index (κ2) is 2.70. The Morgan fingerprint density at radius 1 is 1.90 bits per heavy atom. The number of carbonyl (C=O) groups is 1. The number of ether oxygens (including phenoxy) is 1. The molecule has 0 saturated heterocycles. The van der Waals surface area contributed by atoms with Crippen LogP contribution in [0.25, 0.3) is 0 Å². The van der Waals surface area contributed by atoms with Crippen LogP contribution < -0.4 is 5.11 Å². The molecule has 4 heteroatoms. The zero-order valence-electron chi connectivity index (χ0n) is 5.24. The van der Waals surface area contributed by atoms with Crippen molar-refractivity contribution < 1.29 is 19.7 Å². The van der Waals surface area contributed by atoms with Gasteiger partial charge in [0, 0.05) is 6.42 Å². The van der Waals surface area contributed by atoms with Crippen LogP contribution in [-0.4, -0.2) is 23.6 Å². The van der Waals surface area contributed by atoms with Crippen LogP contribution in [-0.2, 0) is 9.53 Å². The Morgan fingerprint density at radius 2 is 2.60 bits per heavy atom. The summed E-state index contributed by atoms with van der Waals surface area (Å²) in [6.45, 7) is -0.227. The maximum atomic E-state index is 10.6. The molecule has 1 rings (SSSR count). The summed E-state index contributed by atoms with van der Waals surface area (Å²) < 4.78 is 4.66. The molecule has 1 aliphatic heterocycles. The number of hydrogen-bond donors (Lipinski definition) is 1. The number of hydrogen-bond acceptors (Lipinski definition) is 4. The van der Waals surface area contributed by atoms with Gasteiger partial charge in [-0.3, -0.25) is 4.79 Å². The molecule has 0 bridgehead atoms. The minimum atomic E-state index is -0.621. The molecule has 0 saturated carbocycles. The summed E-state index contributed by atoms with van der Waals surface area (Å²) in [7, 11) is 0. The van der Waals surface area contributed by atoms with Crippen molar-refractivity contribution in [2.24, 2.45) is 0 Å². The van der Waals surface area contributed by atoms with Gasteiger partial charge >= 0.3 is 0 Å². The number of aliphatic hydroxyl groups excluding tert-OH is 1. The second-order valence-electron chi connectivity index (χ2n) is 2.05. The molecule has 56 valence electrons. The van der Waals surface area contributed by atoms with E-state index in [0.29, 0.717) is 0 Å². The molecule has 4 nitrogen and oxygen atoms in total. The third-order valence-electron chi connectivity index (χ3n) is 1.26. The minimum absolute atomic E-state index is 0.00810. The van der Waals surface area contributed by atoms with Gasteiger partial charge in [0.05, 0.1) is 12.9 Å². The lowest BCUT2D eigenvalue weighted by Crippen LogP contribution is -2.29. The highest BCUT2D eigenvalue weighted by molar-refractivity contribution is 5.93. The van der Waals surface area contributed by atoms with E-state index in [1.54, 1.807) is 0 Å². The third kappa shape index (κ3) is 1.27. The summed E-state index contributed by atoms with van der Waals surface area (Å²) in [4.78, 5) is 10.6. The van der Waals surface area contributed by atoms with E-state index >= 15 is 0 Å². The van der Waals surface area contributed by atoms with Crippen LogP contribution in [0.3, 0.4) is 0 Å². The van der Waals surface area contributed by atoms with Crippen LogP contribution >= 0.6 is 0 Å². The van der Waals surface area contributed by atoms with Crippen molar-refractivity contribution >= 4 is 5.78 Å². The predicted octanol–water partition coefficient (Wildman–Crippen LogP) is -1.46. The molecule has 0 amide bonds. The molecule has 0 radical (unpaired) electrons. The van der Waals surface area contributed by atoms with E-state index < -0.39 is 17.6 Å². The van der Waals surface area contributed by atoms with Gasteiger partial charge in [0.25, 0.3) is 0 Å². The first-order valence-electron chi connectivity index (χ1n) is 2.90. The fourth-order valence-electron chi connectivity index (χ4n) is 0.687. The average molecular weight is 143 g/mol. The van der Waals surface area contributed by atoms with E-state index in [0.717, 1.165) is 6.26 Å². The molecule has 0 aromatic carbocycles. The van der Waals surface area contributed by atoms with Gasteiger partial charge in [-0.25, -0.2) is 0 Å². The van der Waals surface area contributed by atoms with Crippen molar-refractivity contribution in [3.8, 4) is 0 Å². The highest BCUT2D eigenvalue weighted by atomic mass is 16.5. The zero-order valence-corrected chi connectivity index (χ0v) is 5.24. The Kier molecular flexibility index (Phi) is 1.91. The van der Waals surface area contributed by atoms with E-state index in [1.165, 1.54) is 0 Å². The Balaban J connectivity index is 2.59. The van der Waals surface area contributed by atoms with Crippen molar-refractivity contribution in [1.29, 1.82) is 0 Å². The molecule has 0 spiro atoms. The zero-order chi connectivity index (χ0) is 7.56. The Hall–Kier alpha value is -1.03. The third-order valence-corrected chi connectivity index (χ3v) is 1.26. The maximum absolute atomic E-state index is 10.6. The molecule has 0 aromatic heterocycles. The standard InChI is InChI=1S/C6H8O4/c7-2-4-1-5(8)6(9)3-10-4/h3-4,7,9H,1-2H2/p-1/t4-/m0/s1. The van der Waals surface area contributed by atoms with Gasteiger partial charge in [-0.2, -0.15) is 0 Å². The van der Waals surface area contributed by atoms with Crippen molar-refractivity contribution in [2.75, 3.05) is 6.61 Å². The van der Waals surface area contributed by atoms with Crippen LogP contribution in [0.15, 0.2) is 12.0 Å². The second-order valence-corrected chi connectivity index (χ2v) is 2.05. The number of allylic oxidation sites excluding steroid dienone is 1. The van der Waals surface area contributed by atoms with Crippen LogP contribution in [0.4, 0.5) is 0 Å². The SMILES string of the molecule is O=C1C[C@@H](CO)OC=C1[O-]. The molecule has 0 aromatic rings. The number of aliphatic hydroxyl groups is 1. The highest BCUT2D eigenvalue weighted by Gasteiger charge is 2.16. The first kappa shape index (κ1) is 7.08. The largest absolute Gasteiger partial charge is 0.868 e. The quantitative estimate of drug-likeness (QED) is 0.487. The Morgan fingerprint density at radius 3 is 3.10 bits per heavy atom. The minimum Gasteiger partial charge on any atom is -0.868 e. The summed E-state index contributed by atoms with van der Waals surface area (Å²) in [6.07, 6.45) is 0.323. The molecular formula is C6H7O4-. The lowest BCUT2D eigenvalue weighted by molar-refractivity contribution is -0.304. The van der Waals surface area contributed by atoms with E-state index in [-0.39, 0.29) is 13.0 Å². The van der Waals surface area contributed by atoms with E-state index in [4.69, 9.17) is 5.11 Å². The average Bonchev–Trinajstić information content (AvgIpc) is 1.95. The summed E-state index contributed by atoms with van der Waals surface area (Å²) in [5.41, 5.74) is 0. The smallest absolute Gasteiger partial charge is 0.154 e. The van der Waals surface area contributed by atoms with E-state index in [2.05, 4.69) is 4.74 Å². The summed E-state index contributed by atoms with van der Waals surface area (Å²) >= 11 is 0. The summed E-state index contributed by atoms with van der Waals surface area (Å²) in [6, 6.07) is 0. The monoisotopic (exact) mass is 143 g/mol. The van der Waals surface area contributed by atoms with Gasteiger partial charge in [-0.1, -0.05) is 0 Å². The van der Waals surface area contributed by atoms with Crippen molar-refractivity contribution in [3.05, 3.63) is 12.0 Å². The van der Waals surface area contributed by atoms with Gasteiger partial charge in [0.2, 0.25) is 0 Å². The molecule has 10 heavy (non-hydrogen) atoms. The molecule has 1 N–H and O–H groups in total. The normalized spacial score (nSPS) is 25.5. The fraction of sp³-hybridized carbons (Fsp3) is 0.500. The van der Waals surface area contributed by atoms with Crippen LogP contribution in [0.1, 0.15) is 6.42 Å². The van der Waals surface area contributed by atoms with Crippen LogP contribution in [0, 0.1) is 0 Å². The van der Waals surface area contributed by atoms with Crippen LogP contribution in [0.2, 0.25) is 0 Å². The number of ketones is 1. The van der Waals surface area contributed by atoms with Gasteiger partial charge in [-0.05, 0) is 5.76 Å². The van der Waals surface area contributed by atoms with Crippen LogP contribution in [0.5, 0.6) is 0 Å². The molecule has 0 fully saturated rings. The van der Waals surface area contributed by atoms with Gasteiger partial charge in [-0.15, -0.1) is 0 Å². The topological polar surface area (TPSA) is 69.6 Å². The molecular weight excluding hydrogens is 136 g/mol. The Labute approximate surface area is 57.7 Å². The fourth-order valence-corrected chi connectivity index (χ4v) is 0.687. The lowest BCUT2D eigenvalue weighted by Gasteiger charge is -2.22. The number of carbonyl (C=O) groups excluding carboxylic acids is 1. The van der Waals surface area contributed by atoms with E-state index in [9.17, 15) is 9.90 Å². The first-order valence-corrected chi connectivity index (χ1v) is 2.90. The number of rotatable bonds is 1. The first-order chi connectivity index (χ1) is 4.74. The summed E-state index contributed by atoms with van der Waals surface area (Å²) in [5.74, 6) is -1.12. The Bertz CT molecular complexity index is 173. The molecule has 1 aliphatic rings. The van der Waals surface area contributed by atoms with Gasteiger partial charge < -0.3 is 14.9 Å². The van der Waals surface area contributed by atoms with Gasteiger partial charge in [0.15, 0.2) is 5.78 Å². The number of Topliss-reactive ketones (excluding diaryl/α,β-unsaturated/α-hetero) is 1. The molecule has 1 heterocycles. The van der Waals surface area contributed by atoms with Crippen molar-refractivity contribution in [1.82, 2.24) is 0 Å². The molecule has 0 unspecified atom stereocenters. The van der Waals surface area contributed by atoms with Crippen molar-refractivity contribution in [3.63, 3.8) is 0 Å². The molecule has 0 aliphatic carbocycles. The molecule has 1 atom stereocenters. The summed E-state index contributed by atoms with van der Waals surface area (Å²) in [5, 5.41) is 18.9. The predicted molar refractivity (Wildman–Crippen MR) is 29.7 cm³/mol.